The van der Waals surface area contributed by atoms with Crippen LogP contribution in [0.5, 0.6) is 0 Å². The maximum Gasteiger partial charge on any atom is 0.137 e. The lowest BCUT2D eigenvalue weighted by molar-refractivity contribution is -0.119. The van der Waals surface area contributed by atoms with Crippen molar-refractivity contribution in [2.45, 2.75) is 12.8 Å². The smallest absolute Gasteiger partial charge is 0.137 e. The Balaban J connectivity index is 1.96. The van der Waals surface area contributed by atoms with Crippen LogP contribution in [0.1, 0.15) is 12.0 Å². The Bertz CT molecular complexity index is 404. The topological polar surface area (TPSA) is 29.1 Å². The molecular weight excluding hydrogens is 229 g/mol. The molecule has 2 rings (SSSR count). The summed E-state index contributed by atoms with van der Waals surface area (Å²) in [5.74, 6) is 0.145. The summed E-state index contributed by atoms with van der Waals surface area (Å²) in [7, 11) is 0. The summed E-state index contributed by atoms with van der Waals surface area (Å²) in [6.45, 7) is 1.79. The Morgan fingerprint density at radius 2 is 2.25 bits per heavy atom. The third-order valence-electron chi connectivity index (χ3n) is 2.78. The summed E-state index contributed by atoms with van der Waals surface area (Å²) in [5, 5.41) is 3.57. The van der Waals surface area contributed by atoms with Gasteiger partial charge in [0.15, 0.2) is 0 Å². The molecular formula is C12H13ClFNO. The molecule has 86 valence electrons. The third kappa shape index (κ3) is 2.80. The second kappa shape index (κ2) is 4.93. The highest BCUT2D eigenvalue weighted by Crippen LogP contribution is 2.17. The van der Waals surface area contributed by atoms with Crippen LogP contribution < -0.4 is 5.32 Å². The second-order valence-corrected chi connectivity index (χ2v) is 4.62. The minimum absolute atomic E-state index is 0.0765. The largest absolute Gasteiger partial charge is 0.316 e. The average Bonchev–Trinajstić information content (AvgIpc) is 2.18. The summed E-state index contributed by atoms with van der Waals surface area (Å²) in [6.07, 6.45) is 0.668. The van der Waals surface area contributed by atoms with E-state index >= 15 is 0 Å². The number of rotatable bonds is 4. The minimum atomic E-state index is -0.357. The number of halogens is 2. The van der Waals surface area contributed by atoms with Crippen LogP contribution in [0.25, 0.3) is 0 Å². The van der Waals surface area contributed by atoms with Gasteiger partial charge in [-0.3, -0.25) is 4.79 Å². The number of carbonyl (C=O) groups is 1. The molecule has 0 aromatic heterocycles. The Morgan fingerprint density at radius 3 is 2.88 bits per heavy atom. The van der Waals surface area contributed by atoms with Gasteiger partial charge in [0.1, 0.15) is 11.6 Å². The first-order valence-electron chi connectivity index (χ1n) is 5.31. The zero-order valence-corrected chi connectivity index (χ0v) is 9.56. The number of benzene rings is 1. The van der Waals surface area contributed by atoms with Crippen LogP contribution in [0.15, 0.2) is 18.2 Å². The lowest BCUT2D eigenvalue weighted by atomic mass is 9.94. The molecule has 0 radical (unpaired) electrons. The molecule has 0 spiro atoms. The highest BCUT2D eigenvalue weighted by atomic mass is 35.5. The zero-order chi connectivity index (χ0) is 11.5. The van der Waals surface area contributed by atoms with Crippen LogP contribution in [0, 0.1) is 11.7 Å². The molecule has 0 atom stereocenters. The number of ketones is 1. The van der Waals surface area contributed by atoms with Crippen molar-refractivity contribution >= 4 is 17.4 Å². The summed E-state index contributed by atoms with van der Waals surface area (Å²) < 4.78 is 13.3. The van der Waals surface area contributed by atoms with E-state index in [-0.39, 0.29) is 18.0 Å². The van der Waals surface area contributed by atoms with Crippen LogP contribution in [-0.2, 0) is 11.2 Å². The van der Waals surface area contributed by atoms with Gasteiger partial charge in [-0.1, -0.05) is 11.6 Å². The summed E-state index contributed by atoms with van der Waals surface area (Å²) in [5.41, 5.74) is 0.393. The number of Topliss-reactive ketones (excluding diaryl/α,β-unsaturated/α-hetero) is 1. The van der Waals surface area contributed by atoms with Crippen LogP contribution in [0.2, 0.25) is 5.02 Å². The molecule has 1 fully saturated rings. The van der Waals surface area contributed by atoms with E-state index in [0.29, 0.717) is 22.9 Å². The fourth-order valence-corrected chi connectivity index (χ4v) is 1.97. The van der Waals surface area contributed by atoms with Gasteiger partial charge in [-0.25, -0.2) is 4.39 Å². The molecule has 1 N–H and O–H groups in total. The molecule has 1 aliphatic heterocycles. The molecule has 0 bridgehead atoms. The summed E-state index contributed by atoms with van der Waals surface area (Å²) in [6, 6.07) is 4.31. The Kier molecular flexibility index (Phi) is 3.56. The number of hydrogen-bond acceptors (Lipinski definition) is 2. The van der Waals surface area contributed by atoms with Gasteiger partial charge >= 0.3 is 0 Å². The molecule has 4 heteroatoms. The highest BCUT2D eigenvalue weighted by Gasteiger charge is 2.20. The molecule has 1 aromatic rings. The van der Waals surface area contributed by atoms with Gasteiger partial charge in [-0.05, 0) is 42.8 Å². The van der Waals surface area contributed by atoms with Crippen molar-refractivity contribution in [1.29, 1.82) is 0 Å². The quantitative estimate of drug-likeness (QED) is 0.876. The molecule has 16 heavy (non-hydrogen) atoms. The fraction of sp³-hybridized carbons (Fsp3) is 0.417. The Morgan fingerprint density at radius 1 is 1.50 bits per heavy atom. The number of nitrogens with one attached hydrogen (secondary N) is 1. The predicted octanol–water partition coefficient (Wildman–Crippen LogP) is 2.20. The van der Waals surface area contributed by atoms with Gasteiger partial charge in [0.2, 0.25) is 0 Å². The molecule has 1 aromatic carbocycles. The molecule has 0 unspecified atom stereocenters. The van der Waals surface area contributed by atoms with Crippen molar-refractivity contribution in [3.63, 3.8) is 0 Å². The maximum absolute atomic E-state index is 13.3. The third-order valence-corrected chi connectivity index (χ3v) is 3.01. The molecule has 1 aliphatic rings. The van der Waals surface area contributed by atoms with E-state index in [0.717, 1.165) is 13.1 Å². The summed E-state index contributed by atoms with van der Waals surface area (Å²) >= 11 is 5.76. The van der Waals surface area contributed by atoms with Gasteiger partial charge < -0.3 is 5.32 Å². The Hall–Kier alpha value is -0.930. The highest BCUT2D eigenvalue weighted by molar-refractivity contribution is 6.30. The number of hydrogen-bond donors (Lipinski definition) is 1. The van der Waals surface area contributed by atoms with E-state index in [1.807, 2.05) is 0 Å². The first-order chi connectivity index (χ1) is 7.65. The first kappa shape index (κ1) is 11.6. The molecule has 1 saturated heterocycles. The fourth-order valence-electron chi connectivity index (χ4n) is 1.78. The lowest BCUT2D eigenvalue weighted by Crippen LogP contribution is -2.43. The Labute approximate surface area is 98.8 Å². The lowest BCUT2D eigenvalue weighted by Gasteiger charge is -2.26. The van der Waals surface area contributed by atoms with Gasteiger partial charge in [0.05, 0.1) is 0 Å². The van der Waals surface area contributed by atoms with Gasteiger partial charge in [0, 0.05) is 17.9 Å². The van der Waals surface area contributed by atoms with Crippen molar-refractivity contribution in [1.82, 2.24) is 5.32 Å². The average molecular weight is 242 g/mol. The van der Waals surface area contributed by atoms with Crippen LogP contribution in [-0.4, -0.2) is 18.9 Å². The number of carbonyl (C=O) groups excluding carboxylic acids is 1. The first-order valence-corrected chi connectivity index (χ1v) is 5.69. The van der Waals surface area contributed by atoms with Crippen LogP contribution >= 0.6 is 11.6 Å². The van der Waals surface area contributed by atoms with E-state index in [2.05, 4.69) is 5.32 Å². The molecule has 1 heterocycles. The van der Waals surface area contributed by atoms with E-state index < -0.39 is 0 Å². The second-order valence-electron chi connectivity index (χ2n) is 4.18. The van der Waals surface area contributed by atoms with E-state index in [4.69, 9.17) is 11.6 Å². The maximum atomic E-state index is 13.3. The standard InChI is InChI=1S/C12H13ClFNO/c13-10-1-2-12(14)9(4-10)5-11(16)3-8-6-15-7-8/h1-2,4,8,15H,3,5-7H2. The summed E-state index contributed by atoms with van der Waals surface area (Å²) in [4.78, 5) is 11.6. The zero-order valence-electron chi connectivity index (χ0n) is 8.80. The van der Waals surface area contributed by atoms with Crippen molar-refractivity contribution in [2.24, 2.45) is 5.92 Å². The van der Waals surface area contributed by atoms with Crippen molar-refractivity contribution < 1.29 is 9.18 Å². The van der Waals surface area contributed by atoms with E-state index in [1.54, 1.807) is 0 Å². The monoisotopic (exact) mass is 241 g/mol. The van der Waals surface area contributed by atoms with Crippen LogP contribution in [0.3, 0.4) is 0 Å². The minimum Gasteiger partial charge on any atom is -0.316 e. The molecule has 0 saturated carbocycles. The predicted molar refractivity (Wildman–Crippen MR) is 61.1 cm³/mol. The SMILES string of the molecule is O=C(Cc1cc(Cl)ccc1F)CC1CNC1. The van der Waals surface area contributed by atoms with Crippen LogP contribution in [0.4, 0.5) is 4.39 Å². The van der Waals surface area contributed by atoms with Crippen molar-refractivity contribution in [3.8, 4) is 0 Å². The molecule has 0 aliphatic carbocycles. The normalized spacial score (nSPS) is 15.9. The van der Waals surface area contributed by atoms with Crippen molar-refractivity contribution in [3.05, 3.63) is 34.6 Å². The molecule has 0 amide bonds. The van der Waals surface area contributed by atoms with Gasteiger partial charge in [-0.15, -0.1) is 0 Å². The van der Waals surface area contributed by atoms with Gasteiger partial charge in [0.25, 0.3) is 0 Å². The van der Waals surface area contributed by atoms with Crippen molar-refractivity contribution in [2.75, 3.05) is 13.1 Å². The van der Waals surface area contributed by atoms with Gasteiger partial charge in [-0.2, -0.15) is 0 Å². The molecule has 2 nitrogen and oxygen atoms in total. The van der Waals surface area contributed by atoms with E-state index in [9.17, 15) is 9.18 Å². The van der Waals surface area contributed by atoms with E-state index in [1.165, 1.54) is 18.2 Å².